The predicted octanol–water partition coefficient (Wildman–Crippen LogP) is 3.60. The molecule has 1 fully saturated rings. The van der Waals surface area contributed by atoms with Crippen molar-refractivity contribution in [2.75, 3.05) is 11.9 Å². The molecule has 1 saturated heterocycles. The first-order valence-corrected chi connectivity index (χ1v) is 9.36. The highest BCUT2D eigenvalue weighted by molar-refractivity contribution is 5.94. The van der Waals surface area contributed by atoms with Crippen molar-refractivity contribution in [2.45, 2.75) is 32.7 Å². The number of nitrogens with zero attached hydrogens (tertiary/aromatic N) is 5. The molecule has 142 valence electrons. The Labute approximate surface area is 163 Å². The molecule has 0 bridgehead atoms. The van der Waals surface area contributed by atoms with Crippen LogP contribution in [0.4, 0.5) is 11.6 Å². The van der Waals surface area contributed by atoms with Crippen LogP contribution in [0, 0.1) is 13.8 Å². The van der Waals surface area contributed by atoms with E-state index in [-0.39, 0.29) is 11.9 Å². The first-order chi connectivity index (χ1) is 13.6. The van der Waals surface area contributed by atoms with Gasteiger partial charge < -0.3 is 10.2 Å². The van der Waals surface area contributed by atoms with Crippen LogP contribution in [0.5, 0.6) is 0 Å². The molecule has 7 nitrogen and oxygen atoms in total. The van der Waals surface area contributed by atoms with Crippen molar-refractivity contribution in [3.63, 3.8) is 0 Å². The molecule has 0 aromatic carbocycles. The molecule has 1 N–H and O–H groups in total. The summed E-state index contributed by atoms with van der Waals surface area (Å²) < 4.78 is 0. The smallest absolute Gasteiger partial charge is 0.255 e. The lowest BCUT2D eigenvalue weighted by atomic mass is 10.1. The van der Waals surface area contributed by atoms with Crippen molar-refractivity contribution < 1.29 is 4.79 Å². The number of likely N-dealkylation sites (tertiary alicyclic amines) is 1. The number of pyridine rings is 2. The quantitative estimate of drug-likeness (QED) is 0.751. The van der Waals surface area contributed by atoms with Crippen molar-refractivity contribution >= 4 is 17.5 Å². The van der Waals surface area contributed by atoms with E-state index in [4.69, 9.17) is 0 Å². The zero-order valence-corrected chi connectivity index (χ0v) is 16.0. The molecule has 1 aliphatic heterocycles. The normalized spacial score (nSPS) is 16.2. The third-order valence-electron chi connectivity index (χ3n) is 4.81. The SMILES string of the molecule is Cc1cncc(C(=O)N2CCC[C@@H]2c2nccnc2Nc2cccc(C)n2)c1. The summed E-state index contributed by atoms with van der Waals surface area (Å²) in [6, 6.07) is 7.51. The molecule has 3 aromatic rings. The summed E-state index contributed by atoms with van der Waals surface area (Å²) in [5, 5.41) is 3.26. The third-order valence-corrected chi connectivity index (χ3v) is 4.81. The predicted molar refractivity (Wildman–Crippen MR) is 106 cm³/mol. The summed E-state index contributed by atoms with van der Waals surface area (Å²) in [4.78, 5) is 32.6. The Morgan fingerprint density at radius 3 is 2.86 bits per heavy atom. The highest BCUT2D eigenvalue weighted by Gasteiger charge is 2.33. The van der Waals surface area contributed by atoms with Crippen molar-refractivity contribution in [2.24, 2.45) is 0 Å². The number of hydrogen-bond acceptors (Lipinski definition) is 6. The first kappa shape index (κ1) is 18.0. The number of carbonyl (C=O) groups is 1. The molecule has 4 rings (SSSR count). The van der Waals surface area contributed by atoms with Gasteiger partial charge in [-0.3, -0.25) is 14.8 Å². The maximum absolute atomic E-state index is 13.1. The van der Waals surface area contributed by atoms with E-state index >= 15 is 0 Å². The van der Waals surface area contributed by atoms with Gasteiger partial charge in [0.2, 0.25) is 0 Å². The Morgan fingerprint density at radius 1 is 1.18 bits per heavy atom. The van der Waals surface area contributed by atoms with Crippen molar-refractivity contribution in [3.05, 3.63) is 71.6 Å². The van der Waals surface area contributed by atoms with Gasteiger partial charge in [-0.2, -0.15) is 0 Å². The van der Waals surface area contributed by atoms with Crippen LogP contribution >= 0.6 is 0 Å². The summed E-state index contributed by atoms with van der Waals surface area (Å²) in [6.07, 6.45) is 8.45. The molecule has 3 aromatic heterocycles. The summed E-state index contributed by atoms with van der Waals surface area (Å²) in [6.45, 7) is 4.57. The van der Waals surface area contributed by atoms with Crippen LogP contribution in [0.3, 0.4) is 0 Å². The van der Waals surface area contributed by atoms with Crippen LogP contribution in [-0.2, 0) is 0 Å². The minimum Gasteiger partial charge on any atom is -0.330 e. The summed E-state index contributed by atoms with van der Waals surface area (Å²) in [5.74, 6) is 1.32. The number of aromatic nitrogens is 4. The molecule has 0 aliphatic carbocycles. The van der Waals surface area contributed by atoms with E-state index in [9.17, 15) is 4.79 Å². The van der Waals surface area contributed by atoms with Gasteiger partial charge in [0.25, 0.3) is 5.91 Å². The van der Waals surface area contributed by atoms with Gasteiger partial charge in [0.05, 0.1) is 11.6 Å². The van der Waals surface area contributed by atoms with Gasteiger partial charge >= 0.3 is 0 Å². The van der Waals surface area contributed by atoms with Gasteiger partial charge in [-0.1, -0.05) is 6.07 Å². The molecule has 28 heavy (non-hydrogen) atoms. The largest absolute Gasteiger partial charge is 0.330 e. The lowest BCUT2D eigenvalue weighted by Gasteiger charge is -2.25. The summed E-state index contributed by atoms with van der Waals surface area (Å²) >= 11 is 0. The molecule has 0 unspecified atom stereocenters. The van der Waals surface area contributed by atoms with E-state index in [2.05, 4.69) is 25.3 Å². The molecule has 0 spiro atoms. The van der Waals surface area contributed by atoms with Crippen molar-refractivity contribution in [3.8, 4) is 0 Å². The molecule has 4 heterocycles. The molecule has 1 amide bonds. The lowest BCUT2D eigenvalue weighted by Crippen LogP contribution is -2.31. The fraction of sp³-hybridized carbons (Fsp3) is 0.286. The Kier molecular flexibility index (Phi) is 4.97. The van der Waals surface area contributed by atoms with Gasteiger partial charge in [0.15, 0.2) is 5.82 Å². The van der Waals surface area contributed by atoms with Crippen LogP contribution < -0.4 is 5.32 Å². The number of rotatable bonds is 4. The monoisotopic (exact) mass is 374 g/mol. The van der Waals surface area contributed by atoms with E-state index in [0.717, 1.165) is 29.8 Å². The van der Waals surface area contributed by atoms with E-state index < -0.39 is 0 Å². The number of carbonyl (C=O) groups excluding carboxylic acids is 1. The molecule has 1 aliphatic rings. The van der Waals surface area contributed by atoms with Crippen LogP contribution in [0.1, 0.15) is 46.2 Å². The number of amides is 1. The number of nitrogens with one attached hydrogen (secondary N) is 1. The fourth-order valence-electron chi connectivity index (χ4n) is 3.55. The Morgan fingerprint density at radius 2 is 2.04 bits per heavy atom. The second kappa shape index (κ2) is 7.72. The van der Waals surface area contributed by atoms with Crippen LogP contribution in [-0.4, -0.2) is 37.3 Å². The Hall–Kier alpha value is -3.35. The highest BCUT2D eigenvalue weighted by atomic mass is 16.2. The molecular formula is C21H22N6O. The third kappa shape index (κ3) is 3.69. The van der Waals surface area contributed by atoms with E-state index in [1.54, 1.807) is 24.8 Å². The number of aryl methyl sites for hydroxylation is 2. The standard InChI is InChI=1S/C21H22N6O/c1-14-11-16(13-22-12-14)21(28)27-10-4-6-17(27)19-20(24-9-8-23-19)26-18-7-3-5-15(2)25-18/h3,5,7-9,11-13,17H,4,6,10H2,1-2H3,(H,24,25,26)/t17-/m1/s1. The second-order valence-electron chi connectivity index (χ2n) is 6.99. The first-order valence-electron chi connectivity index (χ1n) is 9.36. The lowest BCUT2D eigenvalue weighted by molar-refractivity contribution is 0.0732. The maximum Gasteiger partial charge on any atom is 0.255 e. The topological polar surface area (TPSA) is 83.9 Å². The van der Waals surface area contributed by atoms with Crippen molar-refractivity contribution in [1.82, 2.24) is 24.8 Å². The molecule has 1 atom stereocenters. The molecule has 0 radical (unpaired) electrons. The van der Waals surface area contributed by atoms with E-state index in [0.29, 0.717) is 23.7 Å². The zero-order chi connectivity index (χ0) is 19.5. The van der Waals surface area contributed by atoms with Crippen LogP contribution in [0.15, 0.2) is 49.1 Å². The van der Waals surface area contributed by atoms with Crippen LogP contribution in [0.2, 0.25) is 0 Å². The Balaban J connectivity index is 1.64. The van der Waals surface area contributed by atoms with Gasteiger partial charge in [0, 0.05) is 37.0 Å². The number of hydrogen-bond donors (Lipinski definition) is 1. The molecular weight excluding hydrogens is 352 g/mol. The Bertz CT molecular complexity index is 1010. The summed E-state index contributed by atoms with van der Waals surface area (Å²) in [7, 11) is 0. The van der Waals surface area contributed by atoms with E-state index in [1.807, 2.05) is 43.0 Å². The van der Waals surface area contributed by atoms with Gasteiger partial charge in [-0.05, 0) is 50.5 Å². The van der Waals surface area contributed by atoms with Crippen LogP contribution in [0.25, 0.3) is 0 Å². The second-order valence-corrected chi connectivity index (χ2v) is 6.99. The van der Waals surface area contributed by atoms with Gasteiger partial charge in [-0.15, -0.1) is 0 Å². The number of anilines is 2. The van der Waals surface area contributed by atoms with Gasteiger partial charge in [0.1, 0.15) is 11.5 Å². The van der Waals surface area contributed by atoms with Crippen molar-refractivity contribution in [1.29, 1.82) is 0 Å². The molecule has 0 saturated carbocycles. The minimum atomic E-state index is -0.131. The average Bonchev–Trinajstić information content (AvgIpc) is 3.17. The summed E-state index contributed by atoms with van der Waals surface area (Å²) in [5.41, 5.74) is 3.25. The highest BCUT2D eigenvalue weighted by Crippen LogP contribution is 2.35. The zero-order valence-electron chi connectivity index (χ0n) is 16.0. The van der Waals surface area contributed by atoms with Gasteiger partial charge in [-0.25, -0.2) is 9.97 Å². The minimum absolute atomic E-state index is 0.0241. The average molecular weight is 374 g/mol. The maximum atomic E-state index is 13.1. The molecule has 7 heteroatoms. The van der Waals surface area contributed by atoms with E-state index in [1.165, 1.54) is 0 Å². The fourth-order valence-corrected chi connectivity index (χ4v) is 3.55.